The topological polar surface area (TPSA) is 135 Å². The molecular formula is C25H37F3N2O9SSi. The maximum atomic E-state index is 13.8. The fraction of sp³-hybridized carbons (Fsp3) is 0.640. The number of benzene rings is 1. The molecule has 0 saturated carbocycles. The van der Waals surface area contributed by atoms with Crippen molar-refractivity contribution in [2.24, 2.45) is 0 Å². The normalized spacial score (nSPS) is 16.7. The molecular weight excluding hydrogens is 589 g/mol. The van der Waals surface area contributed by atoms with E-state index in [1.165, 1.54) is 18.1 Å². The number of halogens is 3. The Balaban J connectivity index is 2.54. The van der Waals surface area contributed by atoms with Gasteiger partial charge < -0.3 is 23.0 Å². The van der Waals surface area contributed by atoms with Crippen LogP contribution in [-0.2, 0) is 18.7 Å². The second-order valence-electron chi connectivity index (χ2n) is 11.0. The summed E-state index contributed by atoms with van der Waals surface area (Å²) >= 11 is 0. The van der Waals surface area contributed by atoms with Gasteiger partial charge in [0.2, 0.25) is 0 Å². The molecule has 0 unspecified atom stereocenters. The summed E-state index contributed by atoms with van der Waals surface area (Å²) < 4.78 is 83.6. The zero-order valence-electron chi connectivity index (χ0n) is 24.2. The lowest BCUT2D eigenvalue weighted by molar-refractivity contribution is -0.385. The molecule has 2 rings (SSSR count). The highest BCUT2D eigenvalue weighted by atomic mass is 32.2. The van der Waals surface area contributed by atoms with Crippen LogP contribution in [0.4, 0.5) is 18.9 Å². The van der Waals surface area contributed by atoms with Crippen molar-refractivity contribution >= 4 is 30.0 Å². The molecule has 0 aliphatic carbocycles. The number of hydrogen-bond acceptors (Lipinski definition) is 9. The average molecular weight is 627 g/mol. The molecule has 11 nitrogen and oxygen atoms in total. The summed E-state index contributed by atoms with van der Waals surface area (Å²) in [5.41, 5.74) is -6.55. The molecule has 0 spiro atoms. The second kappa shape index (κ2) is 13.0. The minimum absolute atomic E-state index is 0.0774. The smallest absolute Gasteiger partial charge is 0.493 e. The summed E-state index contributed by atoms with van der Waals surface area (Å²) in [6.07, 6.45) is 2.18. The standard InChI is InChI=1S/C25H37F3N2O9SSi/c1-8-9-12-37-22-15-20(30(32)33)19(14-21(22)36-5)23(31)29-11-10-18(39-40(34,35)25(26,27)28)13-17(29)16-38-41(6,7)24(2,3)4/h13-15,17H,8-12,16H2,1-7H3/t17-/m0/s1. The summed E-state index contributed by atoms with van der Waals surface area (Å²) in [5.74, 6) is -1.18. The van der Waals surface area contributed by atoms with Crippen LogP contribution in [0.2, 0.25) is 18.1 Å². The molecule has 1 aromatic carbocycles. The number of nitro benzene ring substituents is 1. The van der Waals surface area contributed by atoms with Crippen LogP contribution in [0, 0.1) is 10.1 Å². The number of nitrogens with zero attached hydrogens (tertiary/aromatic N) is 2. The summed E-state index contributed by atoms with van der Waals surface area (Å²) in [6, 6.07) is 1.18. The zero-order chi connectivity index (χ0) is 31.4. The summed E-state index contributed by atoms with van der Waals surface area (Å²) in [6.45, 7) is 11.4. The summed E-state index contributed by atoms with van der Waals surface area (Å²) in [5, 5.41) is 11.7. The lowest BCUT2D eigenvalue weighted by Crippen LogP contribution is -2.49. The van der Waals surface area contributed by atoms with E-state index in [9.17, 15) is 36.5 Å². The van der Waals surface area contributed by atoms with Gasteiger partial charge in [0.1, 0.15) is 11.3 Å². The molecule has 0 aromatic heterocycles. The number of nitro groups is 1. The van der Waals surface area contributed by atoms with E-state index in [0.29, 0.717) is 6.42 Å². The average Bonchev–Trinajstić information content (AvgIpc) is 2.85. The SMILES string of the molecule is CCCCOc1cc([N+](=O)[O-])c(C(=O)N2CCC(OS(=O)(=O)C(F)(F)F)=C[C@H]2CO[Si](C)(C)C(C)(C)C)cc1OC. The van der Waals surface area contributed by atoms with E-state index in [1.807, 2.05) is 40.8 Å². The van der Waals surface area contributed by atoms with Crippen molar-refractivity contribution in [1.82, 2.24) is 4.90 Å². The molecule has 1 heterocycles. The summed E-state index contributed by atoms with van der Waals surface area (Å²) in [4.78, 5) is 26.2. The Labute approximate surface area is 239 Å². The molecule has 1 aliphatic heterocycles. The molecule has 16 heteroatoms. The van der Waals surface area contributed by atoms with Crippen molar-refractivity contribution in [3.63, 3.8) is 0 Å². The molecule has 0 radical (unpaired) electrons. The van der Waals surface area contributed by atoms with Gasteiger partial charge in [-0.2, -0.15) is 21.6 Å². The predicted molar refractivity (Wildman–Crippen MR) is 147 cm³/mol. The zero-order valence-corrected chi connectivity index (χ0v) is 26.0. The van der Waals surface area contributed by atoms with E-state index in [1.54, 1.807) is 0 Å². The molecule has 1 amide bonds. The number of rotatable bonds is 12. The minimum Gasteiger partial charge on any atom is -0.493 e. The second-order valence-corrected chi connectivity index (χ2v) is 17.3. The summed E-state index contributed by atoms with van der Waals surface area (Å²) in [7, 11) is -7.08. The molecule has 232 valence electrons. The van der Waals surface area contributed by atoms with Crippen molar-refractivity contribution in [3.05, 3.63) is 39.6 Å². The fourth-order valence-corrected chi connectivity index (χ4v) is 5.10. The highest BCUT2D eigenvalue weighted by molar-refractivity contribution is 7.87. The van der Waals surface area contributed by atoms with Gasteiger partial charge in [-0.1, -0.05) is 34.1 Å². The Morgan fingerprint density at radius 2 is 1.83 bits per heavy atom. The number of hydrogen-bond donors (Lipinski definition) is 0. The number of carbonyl (C=O) groups excluding carboxylic acids is 1. The van der Waals surface area contributed by atoms with Crippen LogP contribution in [0.3, 0.4) is 0 Å². The van der Waals surface area contributed by atoms with Crippen LogP contribution in [0.1, 0.15) is 57.3 Å². The first kappa shape index (κ1) is 34.3. The van der Waals surface area contributed by atoms with E-state index in [4.69, 9.17) is 13.9 Å². The maximum absolute atomic E-state index is 13.8. The fourth-order valence-electron chi connectivity index (χ4n) is 3.57. The van der Waals surface area contributed by atoms with Crippen LogP contribution < -0.4 is 9.47 Å². The van der Waals surface area contributed by atoms with Crippen molar-refractivity contribution in [1.29, 1.82) is 0 Å². The third-order valence-electron chi connectivity index (χ3n) is 7.02. The Morgan fingerprint density at radius 3 is 2.34 bits per heavy atom. The van der Waals surface area contributed by atoms with Crippen molar-refractivity contribution in [2.75, 3.05) is 26.9 Å². The van der Waals surface area contributed by atoms with E-state index in [-0.39, 0.29) is 48.3 Å². The Kier molecular flexibility index (Phi) is 10.9. The molecule has 1 aliphatic rings. The van der Waals surface area contributed by atoms with Gasteiger partial charge in [0.15, 0.2) is 19.8 Å². The van der Waals surface area contributed by atoms with Crippen LogP contribution >= 0.6 is 0 Å². The molecule has 1 aromatic rings. The molecule has 0 bridgehead atoms. The molecule has 1 atom stereocenters. The van der Waals surface area contributed by atoms with Gasteiger partial charge in [-0.3, -0.25) is 14.9 Å². The first-order valence-electron chi connectivity index (χ1n) is 12.9. The third kappa shape index (κ3) is 8.35. The van der Waals surface area contributed by atoms with Gasteiger partial charge in [0.25, 0.3) is 11.6 Å². The van der Waals surface area contributed by atoms with Gasteiger partial charge in [0, 0.05) is 19.0 Å². The van der Waals surface area contributed by atoms with Gasteiger partial charge in [-0.15, -0.1) is 0 Å². The Morgan fingerprint density at radius 1 is 1.20 bits per heavy atom. The first-order chi connectivity index (χ1) is 18.8. The lowest BCUT2D eigenvalue weighted by Gasteiger charge is -2.40. The highest BCUT2D eigenvalue weighted by Gasteiger charge is 2.49. The number of amides is 1. The predicted octanol–water partition coefficient (Wildman–Crippen LogP) is 5.77. The van der Waals surface area contributed by atoms with Crippen molar-refractivity contribution in [2.45, 2.75) is 76.6 Å². The largest absolute Gasteiger partial charge is 0.534 e. The number of ether oxygens (including phenoxy) is 2. The number of carbonyl (C=O) groups is 1. The molecule has 41 heavy (non-hydrogen) atoms. The van der Waals surface area contributed by atoms with Crippen molar-refractivity contribution in [3.8, 4) is 11.5 Å². The molecule has 0 fully saturated rings. The van der Waals surface area contributed by atoms with E-state index in [2.05, 4.69) is 4.18 Å². The number of methoxy groups -OCH3 is 1. The van der Waals surface area contributed by atoms with Crippen LogP contribution in [0.5, 0.6) is 11.5 Å². The minimum atomic E-state index is -5.94. The number of alkyl halides is 3. The lowest BCUT2D eigenvalue weighted by atomic mass is 10.0. The molecule has 0 N–H and O–H groups in total. The van der Waals surface area contributed by atoms with Gasteiger partial charge in [-0.05, 0) is 30.6 Å². The molecule has 0 saturated heterocycles. The van der Waals surface area contributed by atoms with E-state index in [0.717, 1.165) is 18.6 Å². The monoisotopic (exact) mass is 626 g/mol. The van der Waals surface area contributed by atoms with Gasteiger partial charge >= 0.3 is 15.6 Å². The third-order valence-corrected chi connectivity index (χ3v) is 12.5. The van der Waals surface area contributed by atoms with Crippen LogP contribution in [0.25, 0.3) is 0 Å². The van der Waals surface area contributed by atoms with Crippen LogP contribution in [-0.4, -0.2) is 70.9 Å². The first-order valence-corrected chi connectivity index (χ1v) is 17.2. The van der Waals surface area contributed by atoms with Gasteiger partial charge in [0.05, 0.1) is 37.4 Å². The van der Waals surface area contributed by atoms with Gasteiger partial charge in [-0.25, -0.2) is 0 Å². The van der Waals surface area contributed by atoms with Crippen molar-refractivity contribution < 1.29 is 49.4 Å². The quantitative estimate of drug-likeness (QED) is 0.0708. The van der Waals surface area contributed by atoms with Crippen LogP contribution in [0.15, 0.2) is 24.0 Å². The Hall–Kier alpha value is -2.85. The van der Waals surface area contributed by atoms with E-state index < -0.39 is 52.3 Å². The van der Waals surface area contributed by atoms with E-state index >= 15 is 0 Å². The highest BCUT2D eigenvalue weighted by Crippen LogP contribution is 2.39. The number of unbranched alkanes of at least 4 members (excludes halogenated alkanes) is 1. The maximum Gasteiger partial charge on any atom is 0.534 e. The Bertz CT molecular complexity index is 1260.